The van der Waals surface area contributed by atoms with Gasteiger partial charge in [-0.15, -0.1) is 0 Å². The Morgan fingerprint density at radius 1 is 0.909 bits per heavy atom. The molecule has 1 saturated heterocycles. The molecule has 0 unspecified atom stereocenters. The van der Waals surface area contributed by atoms with Gasteiger partial charge in [0.25, 0.3) is 0 Å². The van der Waals surface area contributed by atoms with Crippen LogP contribution >= 0.6 is 0 Å². The number of rotatable bonds is 12. The van der Waals surface area contributed by atoms with E-state index in [1.807, 2.05) is 48.5 Å². The largest absolute Gasteiger partial charge is 0.445 e. The van der Waals surface area contributed by atoms with Crippen molar-refractivity contribution in [3.63, 3.8) is 0 Å². The lowest BCUT2D eigenvalue weighted by molar-refractivity contribution is -0.252. The van der Waals surface area contributed by atoms with Gasteiger partial charge in [-0.3, -0.25) is 4.90 Å². The Labute approximate surface area is 259 Å². The van der Waals surface area contributed by atoms with E-state index in [-0.39, 0.29) is 25.4 Å². The van der Waals surface area contributed by atoms with Crippen molar-refractivity contribution in [2.45, 2.75) is 44.6 Å². The van der Waals surface area contributed by atoms with Gasteiger partial charge in [0.2, 0.25) is 0 Å². The Morgan fingerprint density at radius 3 is 2.36 bits per heavy atom. The van der Waals surface area contributed by atoms with Crippen LogP contribution in [0.3, 0.4) is 0 Å². The second kappa shape index (κ2) is 15.5. The monoisotopic (exact) mass is 592 g/mol. The van der Waals surface area contributed by atoms with E-state index in [9.17, 15) is 9.90 Å². The maximum atomic E-state index is 11.8. The van der Waals surface area contributed by atoms with Crippen LogP contribution in [-0.2, 0) is 33.9 Å². The number of likely N-dealkylation sites (N-methyl/N-ethyl adjacent to an activating group) is 1. The second-order valence-electron chi connectivity index (χ2n) is 11.1. The van der Waals surface area contributed by atoms with Crippen molar-refractivity contribution in [3.8, 4) is 11.1 Å². The Kier molecular flexibility index (Phi) is 10.9. The van der Waals surface area contributed by atoms with Gasteiger partial charge in [0.05, 0.1) is 18.8 Å². The summed E-state index contributed by atoms with van der Waals surface area (Å²) in [4.78, 5) is 14.1. The van der Waals surface area contributed by atoms with Crippen molar-refractivity contribution >= 4 is 6.09 Å². The Hall–Kier alpha value is -4.27. The van der Waals surface area contributed by atoms with Gasteiger partial charge in [0.1, 0.15) is 6.61 Å². The summed E-state index contributed by atoms with van der Waals surface area (Å²) in [5, 5.41) is 12.3. The highest BCUT2D eigenvalue weighted by Crippen LogP contribution is 2.38. The van der Waals surface area contributed by atoms with E-state index >= 15 is 0 Å². The number of ether oxygens (including phenoxy) is 3. The molecule has 0 saturated carbocycles. The van der Waals surface area contributed by atoms with Gasteiger partial charge < -0.3 is 24.6 Å². The quantitative estimate of drug-likeness (QED) is 0.174. The summed E-state index contributed by atoms with van der Waals surface area (Å²) in [6.45, 7) is 5.71. The molecule has 7 nitrogen and oxygen atoms in total. The first-order chi connectivity index (χ1) is 21.5. The summed E-state index contributed by atoms with van der Waals surface area (Å²) in [5.41, 5.74) is 7.22. The molecule has 1 aliphatic rings. The molecule has 3 atom stereocenters. The number of hydrogen-bond acceptors (Lipinski definition) is 6. The van der Waals surface area contributed by atoms with Crippen LogP contribution in [0, 0.1) is 0 Å². The summed E-state index contributed by atoms with van der Waals surface area (Å²) in [7, 11) is 2.12. The van der Waals surface area contributed by atoms with Gasteiger partial charge in [-0.25, -0.2) is 4.79 Å². The molecular weight excluding hydrogens is 552 g/mol. The van der Waals surface area contributed by atoms with Crippen molar-refractivity contribution in [2.75, 3.05) is 20.2 Å². The highest BCUT2D eigenvalue weighted by molar-refractivity contribution is 5.68. The first-order valence-electron chi connectivity index (χ1n) is 14.9. The number of carbonyl (C=O) groups excluding carboxylic acids is 1. The molecule has 7 heteroatoms. The van der Waals surface area contributed by atoms with Gasteiger partial charge in [0, 0.05) is 31.6 Å². The van der Waals surface area contributed by atoms with Gasteiger partial charge in [-0.05, 0) is 46.5 Å². The Bertz CT molecular complexity index is 1490. The van der Waals surface area contributed by atoms with Crippen molar-refractivity contribution in [1.82, 2.24) is 10.2 Å². The van der Waals surface area contributed by atoms with E-state index in [0.29, 0.717) is 6.54 Å². The van der Waals surface area contributed by atoms with Crippen molar-refractivity contribution < 1.29 is 24.1 Å². The number of alkyl carbamates (subject to hydrolysis) is 1. The number of benzene rings is 4. The molecule has 5 rings (SSSR count). The maximum absolute atomic E-state index is 11.8. The molecule has 4 aromatic rings. The van der Waals surface area contributed by atoms with E-state index in [2.05, 4.69) is 78.4 Å². The van der Waals surface area contributed by atoms with Gasteiger partial charge in [0.15, 0.2) is 6.29 Å². The number of nitrogens with one attached hydrogen (secondary N) is 1. The standard InChI is InChI=1S/C37H40N2O5/c1-3-20-42-37(41)38-23-29-10-7-11-33(21-29)30-16-18-32(19-17-30)36-43-34(25-39(2)24-27-8-5-4-6-9-27)22-35(44-36)31-14-12-28(26-40)13-15-31/h3-19,21,34-36,40H,1,20,22-26H2,2H3,(H,38,41)/t34-,35+,36+/m1/s1. The maximum Gasteiger partial charge on any atom is 0.407 e. The molecule has 1 amide bonds. The van der Waals surface area contributed by atoms with Gasteiger partial charge in [-0.2, -0.15) is 0 Å². The molecule has 0 aliphatic carbocycles. The molecule has 44 heavy (non-hydrogen) atoms. The van der Waals surface area contributed by atoms with Crippen LogP contribution in [0.2, 0.25) is 0 Å². The lowest BCUT2D eigenvalue weighted by atomic mass is 9.99. The van der Waals surface area contributed by atoms with Crippen LogP contribution in [0.25, 0.3) is 11.1 Å². The van der Waals surface area contributed by atoms with E-state index in [1.165, 1.54) is 11.6 Å². The van der Waals surface area contributed by atoms with E-state index in [1.54, 1.807) is 0 Å². The molecule has 0 spiro atoms. The van der Waals surface area contributed by atoms with Crippen LogP contribution in [0.5, 0.6) is 0 Å². The molecule has 0 bridgehead atoms. The fraction of sp³-hybridized carbons (Fsp3) is 0.270. The average molecular weight is 593 g/mol. The number of hydrogen-bond donors (Lipinski definition) is 2. The summed E-state index contributed by atoms with van der Waals surface area (Å²) < 4.78 is 18.1. The average Bonchev–Trinajstić information content (AvgIpc) is 3.07. The Balaban J connectivity index is 1.29. The SMILES string of the molecule is C=CCOC(=O)NCc1cccc(-c2ccc([C@H]3O[C@@H](CN(C)Cc4ccccc4)C[C@@H](c4ccc(CO)cc4)O3)cc2)c1. The smallest absolute Gasteiger partial charge is 0.407 e. The molecule has 4 aromatic carbocycles. The minimum absolute atomic E-state index is 0.0124. The lowest BCUT2D eigenvalue weighted by Crippen LogP contribution is -2.37. The van der Waals surface area contributed by atoms with Crippen LogP contribution in [0.1, 0.15) is 46.6 Å². The molecule has 0 aromatic heterocycles. The van der Waals surface area contributed by atoms with Gasteiger partial charge in [-0.1, -0.05) is 110 Å². The number of aliphatic hydroxyl groups excluding tert-OH is 1. The number of carbonyl (C=O) groups is 1. The van der Waals surface area contributed by atoms with Crippen LogP contribution in [-0.4, -0.2) is 42.4 Å². The van der Waals surface area contributed by atoms with Crippen molar-refractivity contribution in [2.24, 2.45) is 0 Å². The highest BCUT2D eigenvalue weighted by Gasteiger charge is 2.32. The third-order valence-corrected chi connectivity index (χ3v) is 7.64. The highest BCUT2D eigenvalue weighted by atomic mass is 16.7. The first-order valence-corrected chi connectivity index (χ1v) is 14.9. The summed E-state index contributed by atoms with van der Waals surface area (Å²) in [6.07, 6.45) is 1.10. The van der Waals surface area contributed by atoms with Crippen LogP contribution < -0.4 is 5.32 Å². The second-order valence-corrected chi connectivity index (χ2v) is 11.1. The van der Waals surface area contributed by atoms with Crippen LogP contribution in [0.15, 0.2) is 116 Å². The fourth-order valence-electron chi connectivity index (χ4n) is 5.39. The fourth-order valence-corrected chi connectivity index (χ4v) is 5.39. The molecule has 1 heterocycles. The molecule has 1 aliphatic heterocycles. The molecule has 1 fully saturated rings. The third kappa shape index (κ3) is 8.65. The minimum atomic E-state index is -0.521. The molecular formula is C37H40N2O5. The zero-order valence-corrected chi connectivity index (χ0v) is 25.1. The lowest BCUT2D eigenvalue weighted by Gasteiger charge is -2.38. The summed E-state index contributed by atoms with van der Waals surface area (Å²) in [6, 6.07) is 34.7. The normalized spacial score (nSPS) is 18.1. The molecule has 0 radical (unpaired) electrons. The predicted octanol–water partition coefficient (Wildman–Crippen LogP) is 6.94. The van der Waals surface area contributed by atoms with Crippen LogP contribution in [0.4, 0.5) is 4.79 Å². The number of aliphatic hydroxyl groups is 1. The molecule has 228 valence electrons. The third-order valence-electron chi connectivity index (χ3n) is 7.64. The topological polar surface area (TPSA) is 80.3 Å². The van der Waals surface area contributed by atoms with Crippen molar-refractivity contribution in [1.29, 1.82) is 0 Å². The van der Waals surface area contributed by atoms with Crippen molar-refractivity contribution in [3.05, 3.63) is 144 Å². The predicted molar refractivity (Wildman–Crippen MR) is 171 cm³/mol. The minimum Gasteiger partial charge on any atom is -0.445 e. The van der Waals surface area contributed by atoms with E-state index < -0.39 is 12.4 Å². The zero-order valence-electron chi connectivity index (χ0n) is 25.1. The zero-order chi connectivity index (χ0) is 30.7. The van der Waals surface area contributed by atoms with E-state index in [0.717, 1.165) is 52.9 Å². The summed E-state index contributed by atoms with van der Waals surface area (Å²) >= 11 is 0. The molecule has 2 N–H and O–H groups in total. The number of nitrogens with zero attached hydrogens (tertiary/aromatic N) is 1. The number of amides is 1. The summed E-state index contributed by atoms with van der Waals surface area (Å²) in [5.74, 6) is 0. The Morgan fingerprint density at radius 2 is 1.64 bits per heavy atom. The van der Waals surface area contributed by atoms with Gasteiger partial charge >= 0.3 is 6.09 Å². The van der Waals surface area contributed by atoms with E-state index in [4.69, 9.17) is 14.2 Å². The first kappa shape index (κ1) is 31.2.